The number of likely N-dealkylation sites (N-methyl/N-ethyl adjacent to an activating group) is 1. The zero-order valence-electron chi connectivity index (χ0n) is 23.3. The standard InChI is InChI=1S/C31H33ClFN5O4/c1-2-38(31(41)42-25-10-8-24(33)9-11-25)27-19-37(18-26(27)20-3-6-23(32)7-4-20)30(40)21-13-15-36(16-14-21)28-12-5-22(17-35-28)29(34)39/h3-12,17,21,26-27H,2,13-16,18-19H2,1H3,(H2,34,39)/t26-,27+/m0/s1. The highest BCUT2D eigenvalue weighted by Gasteiger charge is 2.43. The minimum absolute atomic E-state index is 0.0658. The summed E-state index contributed by atoms with van der Waals surface area (Å²) in [6, 6.07) is 15.9. The number of pyridine rings is 1. The van der Waals surface area contributed by atoms with Crippen molar-refractivity contribution in [3.8, 4) is 5.75 Å². The second-order valence-electron chi connectivity index (χ2n) is 10.6. The van der Waals surface area contributed by atoms with E-state index in [4.69, 9.17) is 22.1 Å². The molecule has 42 heavy (non-hydrogen) atoms. The Morgan fingerprint density at radius 1 is 1.02 bits per heavy atom. The van der Waals surface area contributed by atoms with Crippen LogP contribution in [0.5, 0.6) is 5.75 Å². The van der Waals surface area contributed by atoms with Gasteiger partial charge in [-0.25, -0.2) is 14.2 Å². The Kier molecular flexibility index (Phi) is 8.91. The van der Waals surface area contributed by atoms with Crippen LogP contribution in [0.2, 0.25) is 5.02 Å². The van der Waals surface area contributed by atoms with Crippen LogP contribution in [0.15, 0.2) is 66.9 Å². The van der Waals surface area contributed by atoms with Crippen LogP contribution in [0.1, 0.15) is 41.6 Å². The molecule has 1 aromatic heterocycles. The smallest absolute Gasteiger partial charge is 0.410 e. The Morgan fingerprint density at radius 3 is 2.31 bits per heavy atom. The van der Waals surface area contributed by atoms with E-state index in [9.17, 15) is 18.8 Å². The van der Waals surface area contributed by atoms with Crippen LogP contribution in [-0.2, 0) is 4.79 Å². The number of ether oxygens (including phenoxy) is 1. The lowest BCUT2D eigenvalue weighted by molar-refractivity contribution is -0.135. The van der Waals surface area contributed by atoms with E-state index in [0.29, 0.717) is 56.2 Å². The quantitative estimate of drug-likeness (QED) is 0.425. The van der Waals surface area contributed by atoms with Crippen LogP contribution in [0.25, 0.3) is 0 Å². The fraction of sp³-hybridized carbons (Fsp3) is 0.355. The molecule has 3 heterocycles. The van der Waals surface area contributed by atoms with Crippen LogP contribution >= 0.6 is 11.6 Å². The van der Waals surface area contributed by atoms with Gasteiger partial charge in [0, 0.05) is 55.8 Å². The molecule has 2 N–H and O–H groups in total. The lowest BCUT2D eigenvalue weighted by Gasteiger charge is -2.34. The van der Waals surface area contributed by atoms with Crippen molar-refractivity contribution in [1.82, 2.24) is 14.8 Å². The summed E-state index contributed by atoms with van der Waals surface area (Å²) in [5.41, 5.74) is 6.65. The van der Waals surface area contributed by atoms with Crippen LogP contribution in [0, 0.1) is 11.7 Å². The van der Waals surface area contributed by atoms with Gasteiger partial charge in [-0.05, 0) is 73.9 Å². The lowest BCUT2D eigenvalue weighted by atomic mass is 9.93. The third-order valence-corrected chi connectivity index (χ3v) is 8.35. The predicted molar refractivity (Wildman–Crippen MR) is 157 cm³/mol. The first kappa shape index (κ1) is 29.3. The maximum Gasteiger partial charge on any atom is 0.415 e. The van der Waals surface area contributed by atoms with Crippen molar-refractivity contribution in [3.63, 3.8) is 0 Å². The second kappa shape index (κ2) is 12.8. The molecule has 220 valence electrons. The largest absolute Gasteiger partial charge is 0.415 e. The Labute approximate surface area is 249 Å². The molecule has 2 fully saturated rings. The maximum atomic E-state index is 13.8. The van der Waals surface area contributed by atoms with Gasteiger partial charge in [-0.3, -0.25) is 9.59 Å². The summed E-state index contributed by atoms with van der Waals surface area (Å²) in [6.45, 7) is 4.38. The number of benzene rings is 2. The van der Waals surface area contributed by atoms with E-state index in [1.165, 1.54) is 30.5 Å². The minimum Gasteiger partial charge on any atom is -0.410 e. The van der Waals surface area contributed by atoms with Crippen LogP contribution in [0.3, 0.4) is 0 Å². The summed E-state index contributed by atoms with van der Waals surface area (Å²) >= 11 is 6.15. The number of hydrogen-bond donors (Lipinski definition) is 1. The molecular formula is C31H33ClFN5O4. The Bertz CT molecular complexity index is 1410. The van der Waals surface area contributed by atoms with E-state index in [1.54, 1.807) is 17.0 Å². The number of halogens is 2. The molecule has 0 radical (unpaired) electrons. The zero-order chi connectivity index (χ0) is 29.8. The van der Waals surface area contributed by atoms with E-state index >= 15 is 0 Å². The third kappa shape index (κ3) is 6.49. The van der Waals surface area contributed by atoms with Gasteiger partial charge in [0.25, 0.3) is 0 Å². The van der Waals surface area contributed by atoms with Crippen molar-refractivity contribution in [2.45, 2.75) is 31.7 Å². The van der Waals surface area contributed by atoms with Gasteiger partial charge in [0.15, 0.2) is 0 Å². The lowest BCUT2D eigenvalue weighted by Crippen LogP contribution is -2.47. The molecule has 0 aliphatic carbocycles. The van der Waals surface area contributed by atoms with Crippen molar-refractivity contribution in [1.29, 1.82) is 0 Å². The monoisotopic (exact) mass is 593 g/mol. The van der Waals surface area contributed by atoms with Gasteiger partial charge in [0.1, 0.15) is 17.4 Å². The maximum absolute atomic E-state index is 13.8. The average Bonchev–Trinajstić information content (AvgIpc) is 3.44. The normalized spacial score (nSPS) is 19.0. The molecular weight excluding hydrogens is 561 g/mol. The second-order valence-corrected chi connectivity index (χ2v) is 11.0. The molecule has 2 saturated heterocycles. The predicted octanol–water partition coefficient (Wildman–Crippen LogP) is 4.70. The number of carbonyl (C=O) groups is 3. The number of primary amides is 1. The average molecular weight is 594 g/mol. The van der Waals surface area contributed by atoms with Gasteiger partial charge in [0.2, 0.25) is 11.8 Å². The first-order valence-electron chi connectivity index (χ1n) is 14.0. The fourth-order valence-corrected chi connectivity index (χ4v) is 5.94. The Balaban J connectivity index is 1.29. The molecule has 0 unspecified atom stereocenters. The Morgan fingerprint density at radius 2 is 1.71 bits per heavy atom. The number of piperidine rings is 1. The minimum atomic E-state index is -0.550. The summed E-state index contributed by atoms with van der Waals surface area (Å²) in [7, 11) is 0. The van der Waals surface area contributed by atoms with Gasteiger partial charge >= 0.3 is 6.09 Å². The van der Waals surface area contributed by atoms with E-state index in [1.807, 2.05) is 36.1 Å². The summed E-state index contributed by atoms with van der Waals surface area (Å²) in [6.07, 6.45) is 2.24. The molecule has 0 bridgehead atoms. The Hall–Kier alpha value is -4.18. The summed E-state index contributed by atoms with van der Waals surface area (Å²) in [5, 5.41) is 0.606. The van der Waals surface area contributed by atoms with E-state index in [2.05, 4.69) is 9.88 Å². The highest BCUT2D eigenvalue weighted by Crippen LogP contribution is 2.35. The van der Waals surface area contributed by atoms with Crippen molar-refractivity contribution in [2.24, 2.45) is 11.7 Å². The summed E-state index contributed by atoms with van der Waals surface area (Å²) in [4.78, 5) is 48.4. The van der Waals surface area contributed by atoms with Crippen molar-refractivity contribution in [2.75, 3.05) is 37.6 Å². The van der Waals surface area contributed by atoms with Gasteiger partial charge in [-0.1, -0.05) is 23.7 Å². The molecule has 5 rings (SSSR count). The number of anilines is 1. The molecule has 2 aliphatic rings. The van der Waals surface area contributed by atoms with Crippen molar-refractivity contribution in [3.05, 3.63) is 88.8 Å². The zero-order valence-corrected chi connectivity index (χ0v) is 24.0. The molecule has 2 aromatic carbocycles. The number of amides is 3. The number of rotatable bonds is 7. The summed E-state index contributed by atoms with van der Waals surface area (Å²) < 4.78 is 18.9. The number of likely N-dealkylation sites (tertiary alicyclic amines) is 1. The molecule has 9 nitrogen and oxygen atoms in total. The van der Waals surface area contributed by atoms with E-state index < -0.39 is 17.8 Å². The molecule has 3 aromatic rings. The fourth-order valence-electron chi connectivity index (χ4n) is 5.81. The number of carbonyl (C=O) groups excluding carboxylic acids is 3. The van der Waals surface area contributed by atoms with Gasteiger partial charge in [0.05, 0.1) is 11.6 Å². The SMILES string of the molecule is CCN(C(=O)Oc1ccc(F)cc1)[C@@H]1CN(C(=O)C2CCN(c3ccc(C(N)=O)cn3)CC2)C[C@H]1c1ccc(Cl)cc1. The van der Waals surface area contributed by atoms with Gasteiger partial charge in [-0.2, -0.15) is 0 Å². The summed E-state index contributed by atoms with van der Waals surface area (Å²) in [5.74, 6) is -0.178. The number of hydrogen-bond acceptors (Lipinski definition) is 6. The van der Waals surface area contributed by atoms with Crippen LogP contribution < -0.4 is 15.4 Å². The first-order valence-corrected chi connectivity index (χ1v) is 14.4. The third-order valence-electron chi connectivity index (χ3n) is 8.09. The van der Waals surface area contributed by atoms with Crippen LogP contribution in [0.4, 0.5) is 15.0 Å². The van der Waals surface area contributed by atoms with Crippen molar-refractivity contribution < 1.29 is 23.5 Å². The highest BCUT2D eigenvalue weighted by molar-refractivity contribution is 6.30. The molecule has 2 atom stereocenters. The molecule has 0 spiro atoms. The van der Waals surface area contributed by atoms with Crippen molar-refractivity contribution >= 4 is 35.3 Å². The molecule has 11 heteroatoms. The van der Waals surface area contributed by atoms with E-state index in [0.717, 1.165) is 11.4 Å². The molecule has 2 aliphatic heterocycles. The molecule has 0 saturated carbocycles. The van der Waals surface area contributed by atoms with E-state index in [-0.39, 0.29) is 29.5 Å². The number of nitrogens with zero attached hydrogens (tertiary/aromatic N) is 4. The van der Waals surface area contributed by atoms with Gasteiger partial charge < -0.3 is 25.2 Å². The molecule has 3 amide bonds. The highest BCUT2D eigenvalue weighted by atomic mass is 35.5. The van der Waals surface area contributed by atoms with Gasteiger partial charge in [-0.15, -0.1) is 0 Å². The number of aromatic nitrogens is 1. The number of nitrogens with two attached hydrogens (primary N) is 1. The first-order chi connectivity index (χ1) is 20.2. The topological polar surface area (TPSA) is 109 Å². The van der Waals surface area contributed by atoms with Crippen LogP contribution in [-0.4, -0.2) is 71.5 Å².